The smallest absolute Gasteiger partial charge is 0.309 e. The molecule has 0 saturated heterocycles. The lowest BCUT2D eigenvalue weighted by molar-refractivity contribution is -0.158. The van der Waals surface area contributed by atoms with Crippen molar-refractivity contribution in [2.75, 3.05) is 13.2 Å². The Balaban J connectivity index is 4.77. The summed E-state index contributed by atoms with van der Waals surface area (Å²) in [5.74, 6) is -2.24. The minimum Gasteiger partial charge on any atom is -0.481 e. The van der Waals surface area contributed by atoms with Crippen LogP contribution in [0.4, 0.5) is 0 Å². The van der Waals surface area contributed by atoms with Gasteiger partial charge in [0.25, 0.3) is 0 Å². The number of carboxylic acids is 2. The van der Waals surface area contributed by atoms with Gasteiger partial charge in [0.1, 0.15) is 0 Å². The lowest BCUT2D eigenvalue weighted by Gasteiger charge is -2.29. The molecule has 0 radical (unpaired) electrons. The van der Waals surface area contributed by atoms with E-state index in [1.54, 1.807) is 0 Å². The van der Waals surface area contributed by atoms with Gasteiger partial charge in [-0.3, -0.25) is 9.59 Å². The van der Waals surface area contributed by atoms with E-state index in [0.717, 1.165) is 0 Å². The molecule has 0 spiro atoms. The van der Waals surface area contributed by atoms with Crippen molar-refractivity contribution in [2.45, 2.75) is 52.1 Å². The lowest BCUT2D eigenvalue weighted by atomic mass is 9.77. The maximum absolute atomic E-state index is 11.6. The summed E-state index contributed by atoms with van der Waals surface area (Å²) in [4.78, 5) is 22.3. The van der Waals surface area contributed by atoms with Crippen molar-refractivity contribution < 1.29 is 39.5 Å². The molecule has 0 aromatic rings. The van der Waals surface area contributed by atoms with Crippen LogP contribution in [0.5, 0.6) is 0 Å². The zero-order valence-corrected chi connectivity index (χ0v) is 12.3. The van der Waals surface area contributed by atoms with Crippen LogP contribution in [-0.2, 0) is 19.1 Å². The molecule has 124 valence electrons. The highest BCUT2D eigenvalue weighted by atomic mass is 16.6. The average Bonchev–Trinajstić information content (AvgIpc) is 2.33. The Kier molecular flexibility index (Phi) is 9.11. The SMILES string of the molecule is CC(O)OCCC(CCOC(C)O)(CCC(=O)O)C(=O)O. The molecule has 0 bridgehead atoms. The van der Waals surface area contributed by atoms with Crippen LogP contribution in [0.3, 0.4) is 0 Å². The number of aliphatic carboxylic acids is 2. The number of hydrogen-bond acceptors (Lipinski definition) is 6. The fourth-order valence-corrected chi connectivity index (χ4v) is 1.89. The number of aliphatic hydroxyl groups excluding tert-OH is 2. The van der Waals surface area contributed by atoms with Crippen LogP contribution in [0.2, 0.25) is 0 Å². The number of carboxylic acid groups (broad SMARTS) is 2. The molecule has 8 heteroatoms. The van der Waals surface area contributed by atoms with E-state index in [-0.39, 0.29) is 38.9 Å². The van der Waals surface area contributed by atoms with E-state index in [0.29, 0.717) is 0 Å². The second-order valence-electron chi connectivity index (χ2n) is 4.92. The highest BCUT2D eigenvalue weighted by Crippen LogP contribution is 2.33. The molecule has 2 atom stereocenters. The second-order valence-corrected chi connectivity index (χ2v) is 4.92. The first kappa shape index (κ1) is 19.8. The number of hydrogen-bond donors (Lipinski definition) is 4. The summed E-state index contributed by atoms with van der Waals surface area (Å²) in [5.41, 5.74) is -1.33. The highest BCUT2D eigenvalue weighted by molar-refractivity contribution is 5.76. The highest BCUT2D eigenvalue weighted by Gasteiger charge is 2.38. The molecule has 8 nitrogen and oxygen atoms in total. The van der Waals surface area contributed by atoms with E-state index >= 15 is 0 Å². The van der Waals surface area contributed by atoms with Crippen LogP contribution in [0.25, 0.3) is 0 Å². The standard InChI is InChI=1S/C13H24O8/c1-9(14)20-7-5-13(12(18)19,4-3-11(16)17)6-8-21-10(2)15/h9-10,14-15H,3-8H2,1-2H3,(H,16,17)(H,18,19). The van der Waals surface area contributed by atoms with Crippen LogP contribution < -0.4 is 0 Å². The lowest BCUT2D eigenvalue weighted by Crippen LogP contribution is -2.35. The minimum atomic E-state index is -1.33. The van der Waals surface area contributed by atoms with Gasteiger partial charge in [-0.15, -0.1) is 0 Å². The Labute approximate surface area is 123 Å². The van der Waals surface area contributed by atoms with Gasteiger partial charge in [-0.25, -0.2) is 0 Å². The Bertz CT molecular complexity index is 312. The van der Waals surface area contributed by atoms with Crippen LogP contribution >= 0.6 is 0 Å². The summed E-state index contributed by atoms with van der Waals surface area (Å²) < 4.78 is 9.87. The number of ether oxygens (including phenoxy) is 2. The van der Waals surface area contributed by atoms with Crippen molar-refractivity contribution in [3.63, 3.8) is 0 Å². The summed E-state index contributed by atoms with van der Waals surface area (Å²) in [6, 6.07) is 0. The number of aliphatic hydroxyl groups is 2. The molecule has 2 unspecified atom stereocenters. The predicted octanol–water partition coefficient (Wildman–Crippen LogP) is 0.412. The van der Waals surface area contributed by atoms with Crippen LogP contribution in [0, 0.1) is 5.41 Å². The molecule has 4 N–H and O–H groups in total. The van der Waals surface area contributed by atoms with E-state index in [1.807, 2.05) is 0 Å². The molecule has 21 heavy (non-hydrogen) atoms. The van der Waals surface area contributed by atoms with Crippen LogP contribution in [-0.4, -0.2) is 58.2 Å². The van der Waals surface area contributed by atoms with Gasteiger partial charge < -0.3 is 29.9 Å². The Hall–Kier alpha value is -1.22. The Morgan fingerprint density at radius 1 is 0.952 bits per heavy atom. The maximum Gasteiger partial charge on any atom is 0.309 e. The number of rotatable bonds is 12. The third-order valence-electron chi connectivity index (χ3n) is 3.15. The molecule has 0 aliphatic heterocycles. The fourth-order valence-electron chi connectivity index (χ4n) is 1.89. The van der Waals surface area contributed by atoms with Crippen LogP contribution in [0.15, 0.2) is 0 Å². The fraction of sp³-hybridized carbons (Fsp3) is 0.846. The molecule has 0 aromatic carbocycles. The summed E-state index contributed by atoms with van der Waals surface area (Å²) in [6.45, 7) is 2.77. The molecule has 0 rings (SSSR count). The zero-order valence-electron chi connectivity index (χ0n) is 12.3. The molecule has 0 fully saturated rings. The van der Waals surface area contributed by atoms with Crippen molar-refractivity contribution in [1.82, 2.24) is 0 Å². The van der Waals surface area contributed by atoms with Gasteiger partial charge in [-0.05, 0) is 33.1 Å². The van der Waals surface area contributed by atoms with Crippen molar-refractivity contribution in [1.29, 1.82) is 0 Å². The summed E-state index contributed by atoms with van der Waals surface area (Å²) in [5, 5.41) is 36.3. The molecular formula is C13H24O8. The third kappa shape index (κ3) is 8.61. The van der Waals surface area contributed by atoms with E-state index < -0.39 is 29.9 Å². The van der Waals surface area contributed by atoms with E-state index in [9.17, 15) is 14.7 Å². The minimum absolute atomic E-state index is 0.0156. The van der Waals surface area contributed by atoms with Gasteiger partial charge in [0.05, 0.1) is 18.6 Å². The van der Waals surface area contributed by atoms with Crippen molar-refractivity contribution >= 4 is 11.9 Å². The average molecular weight is 308 g/mol. The predicted molar refractivity (Wildman–Crippen MR) is 71.4 cm³/mol. The first-order chi connectivity index (χ1) is 9.69. The van der Waals surface area contributed by atoms with Gasteiger partial charge in [-0.1, -0.05) is 0 Å². The summed E-state index contributed by atoms with van der Waals surface area (Å²) in [7, 11) is 0. The largest absolute Gasteiger partial charge is 0.481 e. The van der Waals surface area contributed by atoms with Gasteiger partial charge in [0, 0.05) is 6.42 Å². The molecule has 0 aromatic heterocycles. The first-order valence-corrected chi connectivity index (χ1v) is 6.74. The van der Waals surface area contributed by atoms with Gasteiger partial charge in [0.2, 0.25) is 0 Å². The normalized spacial score (nSPS) is 17.0. The third-order valence-corrected chi connectivity index (χ3v) is 3.15. The Morgan fingerprint density at radius 2 is 1.38 bits per heavy atom. The topological polar surface area (TPSA) is 134 Å². The quantitative estimate of drug-likeness (QED) is 0.381. The molecule has 0 aliphatic rings. The molecule has 0 aliphatic carbocycles. The molecule has 0 amide bonds. The Morgan fingerprint density at radius 3 is 1.67 bits per heavy atom. The van der Waals surface area contributed by atoms with Gasteiger partial charge >= 0.3 is 11.9 Å². The van der Waals surface area contributed by atoms with Crippen molar-refractivity contribution in [3.05, 3.63) is 0 Å². The monoisotopic (exact) mass is 308 g/mol. The zero-order chi connectivity index (χ0) is 16.5. The maximum atomic E-state index is 11.6. The van der Waals surface area contributed by atoms with E-state index in [1.165, 1.54) is 13.8 Å². The van der Waals surface area contributed by atoms with Gasteiger partial charge in [0.15, 0.2) is 12.6 Å². The molecule has 0 saturated carbocycles. The van der Waals surface area contributed by atoms with Crippen LogP contribution in [0.1, 0.15) is 39.5 Å². The van der Waals surface area contributed by atoms with E-state index in [2.05, 4.69) is 0 Å². The van der Waals surface area contributed by atoms with Crippen molar-refractivity contribution in [2.24, 2.45) is 5.41 Å². The number of carbonyl (C=O) groups is 2. The second kappa shape index (κ2) is 9.67. The summed E-state index contributed by atoms with van der Waals surface area (Å²) in [6.07, 6.45) is -2.33. The molecule has 0 heterocycles. The van der Waals surface area contributed by atoms with Crippen molar-refractivity contribution in [3.8, 4) is 0 Å². The first-order valence-electron chi connectivity index (χ1n) is 6.74. The van der Waals surface area contributed by atoms with Gasteiger partial charge in [-0.2, -0.15) is 0 Å². The summed E-state index contributed by atoms with van der Waals surface area (Å²) >= 11 is 0. The molecular weight excluding hydrogens is 284 g/mol. The van der Waals surface area contributed by atoms with E-state index in [4.69, 9.17) is 24.8 Å².